The molecule has 0 aliphatic carbocycles. The van der Waals surface area contributed by atoms with Crippen LogP contribution in [-0.4, -0.2) is 36.7 Å². The van der Waals surface area contributed by atoms with Gasteiger partial charge in [-0.25, -0.2) is 9.07 Å². The van der Waals surface area contributed by atoms with E-state index in [2.05, 4.69) is 37.7 Å². The highest BCUT2D eigenvalue weighted by molar-refractivity contribution is 5.76. The fourth-order valence-electron chi connectivity index (χ4n) is 3.55. The minimum absolute atomic E-state index is 0.186. The molecule has 34 heavy (non-hydrogen) atoms. The van der Waals surface area contributed by atoms with E-state index in [9.17, 15) is 4.39 Å². The van der Waals surface area contributed by atoms with E-state index in [4.69, 9.17) is 4.52 Å². The molecule has 9 heteroatoms. The Bertz CT molecular complexity index is 1380. The van der Waals surface area contributed by atoms with E-state index in [0.29, 0.717) is 17.2 Å². The number of nitrogens with one attached hydrogen (secondary N) is 1. The van der Waals surface area contributed by atoms with Gasteiger partial charge in [0.25, 0.3) is 5.89 Å². The summed E-state index contributed by atoms with van der Waals surface area (Å²) in [5.41, 5.74) is 3.82. The third-order valence-corrected chi connectivity index (χ3v) is 5.23. The van der Waals surface area contributed by atoms with E-state index in [1.54, 1.807) is 42.7 Å². The van der Waals surface area contributed by atoms with Crippen LogP contribution in [0.5, 0.6) is 0 Å². The molecule has 0 spiro atoms. The van der Waals surface area contributed by atoms with Crippen LogP contribution >= 0.6 is 0 Å². The summed E-state index contributed by atoms with van der Waals surface area (Å²) in [5.74, 6) is 0.184. The first kappa shape index (κ1) is 21.6. The third-order valence-electron chi connectivity index (χ3n) is 5.23. The number of para-hydroxylation sites is 1. The first-order chi connectivity index (χ1) is 16.7. The zero-order valence-electron chi connectivity index (χ0n) is 18.2. The molecule has 5 aromatic rings. The van der Waals surface area contributed by atoms with Gasteiger partial charge in [-0.2, -0.15) is 4.98 Å². The van der Waals surface area contributed by atoms with Crippen molar-refractivity contribution in [2.24, 2.45) is 0 Å². The summed E-state index contributed by atoms with van der Waals surface area (Å²) in [5, 5.41) is 15.9. The molecule has 0 bridgehead atoms. The molecule has 2 aromatic carbocycles. The predicted octanol–water partition coefficient (Wildman–Crippen LogP) is 4.50. The second-order valence-electron chi connectivity index (χ2n) is 7.54. The molecule has 8 nitrogen and oxygen atoms in total. The quantitative estimate of drug-likeness (QED) is 0.345. The van der Waals surface area contributed by atoms with Crippen LogP contribution in [0.3, 0.4) is 0 Å². The average molecular weight is 454 g/mol. The van der Waals surface area contributed by atoms with Gasteiger partial charge in [0.05, 0.1) is 0 Å². The summed E-state index contributed by atoms with van der Waals surface area (Å²) in [4.78, 5) is 8.61. The Balaban J connectivity index is 1.51. The fraction of sp³-hybridized carbons (Fsp3) is 0.120. The minimum Gasteiger partial charge on any atom is -0.332 e. The van der Waals surface area contributed by atoms with Gasteiger partial charge in [-0.15, -0.1) is 5.10 Å². The molecule has 0 saturated carbocycles. The van der Waals surface area contributed by atoms with Crippen LogP contribution in [0, 0.1) is 12.7 Å². The highest BCUT2D eigenvalue weighted by atomic mass is 19.1. The van der Waals surface area contributed by atoms with Crippen LogP contribution in [0.15, 0.2) is 77.6 Å². The SMILES string of the molecule is [CH2]CCNCc1ccc(-c2noc(-c3nnn(-c4ccccc4F)c3-c3ccncc3)n2)cc1. The van der Waals surface area contributed by atoms with Crippen LogP contribution in [0.2, 0.25) is 0 Å². The lowest BCUT2D eigenvalue weighted by Crippen LogP contribution is -2.13. The average Bonchev–Trinajstić information content (AvgIpc) is 3.53. The zero-order valence-corrected chi connectivity index (χ0v) is 18.2. The van der Waals surface area contributed by atoms with Crippen molar-refractivity contribution in [3.05, 3.63) is 91.4 Å². The zero-order chi connectivity index (χ0) is 23.3. The van der Waals surface area contributed by atoms with Crippen molar-refractivity contribution in [1.29, 1.82) is 0 Å². The number of hydrogen-bond donors (Lipinski definition) is 1. The lowest BCUT2D eigenvalue weighted by molar-refractivity contribution is 0.431. The number of benzene rings is 2. The van der Waals surface area contributed by atoms with Crippen molar-refractivity contribution < 1.29 is 8.91 Å². The van der Waals surface area contributed by atoms with E-state index >= 15 is 0 Å². The molecule has 0 atom stereocenters. The molecular formula is C25H21FN7O. The predicted molar refractivity (Wildman–Crippen MR) is 125 cm³/mol. The third kappa shape index (κ3) is 4.33. The molecule has 1 N–H and O–H groups in total. The summed E-state index contributed by atoms with van der Waals surface area (Å²) in [6, 6.07) is 17.8. The van der Waals surface area contributed by atoms with Crippen molar-refractivity contribution in [2.75, 3.05) is 6.54 Å². The fourth-order valence-corrected chi connectivity index (χ4v) is 3.55. The topological polar surface area (TPSA) is 94.6 Å². The lowest BCUT2D eigenvalue weighted by atomic mass is 10.1. The summed E-state index contributed by atoms with van der Waals surface area (Å²) in [7, 11) is 0. The maximum absolute atomic E-state index is 14.6. The van der Waals surface area contributed by atoms with Crippen LogP contribution in [-0.2, 0) is 6.54 Å². The Morgan fingerprint density at radius 3 is 2.53 bits per heavy atom. The number of halogens is 1. The Kier molecular flexibility index (Phi) is 6.17. The highest BCUT2D eigenvalue weighted by Crippen LogP contribution is 2.32. The number of aromatic nitrogens is 6. The maximum atomic E-state index is 14.6. The summed E-state index contributed by atoms with van der Waals surface area (Å²) < 4.78 is 21.6. The Morgan fingerprint density at radius 2 is 1.76 bits per heavy atom. The first-order valence-corrected chi connectivity index (χ1v) is 10.8. The van der Waals surface area contributed by atoms with Crippen molar-refractivity contribution >= 4 is 0 Å². The summed E-state index contributed by atoms with van der Waals surface area (Å²) >= 11 is 0. The second-order valence-corrected chi connectivity index (χ2v) is 7.54. The second kappa shape index (κ2) is 9.72. The lowest BCUT2D eigenvalue weighted by Gasteiger charge is -2.08. The van der Waals surface area contributed by atoms with Gasteiger partial charge < -0.3 is 9.84 Å². The molecule has 0 fully saturated rings. The standard InChI is InChI=1S/C25H21FN7O/c1-2-13-28-16-17-7-9-19(10-8-17)24-29-25(34-31-24)22-23(18-11-14-27-15-12-18)33(32-30-22)21-6-4-3-5-20(21)26/h3-12,14-15,28H,1-2,13,16H2. The molecule has 0 unspecified atom stereocenters. The van der Waals surface area contributed by atoms with Gasteiger partial charge in [-0.05, 0) is 42.8 Å². The molecule has 5 rings (SSSR count). The van der Waals surface area contributed by atoms with E-state index in [-0.39, 0.29) is 11.6 Å². The number of rotatable bonds is 8. The molecule has 0 aliphatic heterocycles. The summed E-state index contributed by atoms with van der Waals surface area (Å²) in [6.07, 6.45) is 4.13. The van der Waals surface area contributed by atoms with Crippen molar-refractivity contribution in [3.63, 3.8) is 0 Å². The number of hydrogen-bond acceptors (Lipinski definition) is 7. The Labute approximate surface area is 195 Å². The molecule has 3 aromatic heterocycles. The van der Waals surface area contributed by atoms with E-state index in [1.807, 2.05) is 24.3 Å². The first-order valence-electron chi connectivity index (χ1n) is 10.8. The Morgan fingerprint density at radius 1 is 0.971 bits per heavy atom. The van der Waals surface area contributed by atoms with Gasteiger partial charge in [0.2, 0.25) is 5.82 Å². The van der Waals surface area contributed by atoms with Crippen LogP contribution in [0.1, 0.15) is 12.0 Å². The monoisotopic (exact) mass is 454 g/mol. The molecule has 0 amide bonds. The molecule has 0 saturated heterocycles. The molecule has 0 aliphatic rings. The van der Waals surface area contributed by atoms with Gasteiger partial charge >= 0.3 is 0 Å². The minimum atomic E-state index is -0.426. The number of pyridine rings is 1. The van der Waals surface area contributed by atoms with Crippen molar-refractivity contribution in [2.45, 2.75) is 13.0 Å². The number of nitrogens with zero attached hydrogens (tertiary/aromatic N) is 6. The molecular weight excluding hydrogens is 433 g/mol. The van der Waals surface area contributed by atoms with Crippen molar-refractivity contribution in [1.82, 2.24) is 35.4 Å². The van der Waals surface area contributed by atoms with Crippen LogP contribution in [0.25, 0.3) is 39.9 Å². The Hall–Kier alpha value is -4.24. The van der Waals surface area contributed by atoms with Gasteiger partial charge in [0, 0.05) is 30.1 Å². The van der Waals surface area contributed by atoms with Gasteiger partial charge in [-0.3, -0.25) is 4.98 Å². The van der Waals surface area contributed by atoms with E-state index < -0.39 is 5.82 Å². The summed E-state index contributed by atoms with van der Waals surface area (Å²) in [6.45, 7) is 5.45. The largest absolute Gasteiger partial charge is 0.332 e. The molecule has 1 radical (unpaired) electrons. The van der Waals surface area contributed by atoms with Gasteiger partial charge in [-0.1, -0.05) is 53.7 Å². The normalized spacial score (nSPS) is 11.1. The van der Waals surface area contributed by atoms with E-state index in [1.165, 1.54) is 10.7 Å². The highest BCUT2D eigenvalue weighted by Gasteiger charge is 2.24. The molecule has 169 valence electrons. The smallest absolute Gasteiger partial charge is 0.281 e. The maximum Gasteiger partial charge on any atom is 0.281 e. The van der Waals surface area contributed by atoms with Crippen LogP contribution < -0.4 is 5.32 Å². The van der Waals surface area contributed by atoms with E-state index in [0.717, 1.165) is 36.2 Å². The molecule has 3 heterocycles. The van der Waals surface area contributed by atoms with Crippen molar-refractivity contribution in [3.8, 4) is 39.9 Å². The van der Waals surface area contributed by atoms with Gasteiger partial charge in [0.1, 0.15) is 17.2 Å². The van der Waals surface area contributed by atoms with Crippen LogP contribution in [0.4, 0.5) is 4.39 Å². The van der Waals surface area contributed by atoms with Gasteiger partial charge in [0.15, 0.2) is 5.69 Å².